The van der Waals surface area contributed by atoms with E-state index in [-0.39, 0.29) is 6.10 Å². The molecule has 4 nitrogen and oxygen atoms in total. The highest BCUT2D eigenvalue weighted by molar-refractivity contribution is 4.99. The molecular formula is C13H23N3O. The lowest BCUT2D eigenvalue weighted by Gasteiger charge is -2.26. The summed E-state index contributed by atoms with van der Waals surface area (Å²) in [6.07, 6.45) is 6.14. The molecular weight excluding hydrogens is 214 g/mol. The van der Waals surface area contributed by atoms with Crippen molar-refractivity contribution < 1.29 is 5.11 Å². The van der Waals surface area contributed by atoms with Gasteiger partial charge in [-0.2, -0.15) is 5.10 Å². The van der Waals surface area contributed by atoms with Gasteiger partial charge >= 0.3 is 0 Å². The molecule has 1 heterocycles. The molecule has 4 heteroatoms. The normalized spacial score (nSPS) is 25.1. The number of nitrogens with zero attached hydrogens (tertiary/aromatic N) is 2. The smallest absolute Gasteiger partial charge is 0.0543 e. The van der Waals surface area contributed by atoms with Gasteiger partial charge in [0, 0.05) is 19.3 Å². The van der Waals surface area contributed by atoms with Crippen LogP contribution in [0.15, 0.2) is 12.3 Å². The number of aromatic nitrogens is 2. The molecule has 0 saturated heterocycles. The van der Waals surface area contributed by atoms with Crippen LogP contribution in [0.1, 0.15) is 38.3 Å². The summed E-state index contributed by atoms with van der Waals surface area (Å²) in [6, 6.07) is 2.06. The van der Waals surface area contributed by atoms with E-state index in [1.807, 2.05) is 10.9 Å². The van der Waals surface area contributed by atoms with E-state index in [4.69, 9.17) is 0 Å². The van der Waals surface area contributed by atoms with E-state index in [0.29, 0.717) is 5.92 Å². The van der Waals surface area contributed by atoms with Crippen LogP contribution in [0, 0.1) is 5.92 Å². The van der Waals surface area contributed by atoms with Crippen LogP contribution in [0.2, 0.25) is 0 Å². The highest BCUT2D eigenvalue weighted by Crippen LogP contribution is 2.23. The Labute approximate surface area is 103 Å². The van der Waals surface area contributed by atoms with Crippen LogP contribution in [0.25, 0.3) is 0 Å². The molecule has 0 spiro atoms. The highest BCUT2D eigenvalue weighted by Gasteiger charge is 2.19. The summed E-state index contributed by atoms with van der Waals surface area (Å²) in [6.45, 7) is 4.91. The lowest BCUT2D eigenvalue weighted by molar-refractivity contribution is 0.100. The Morgan fingerprint density at radius 2 is 2.41 bits per heavy atom. The van der Waals surface area contributed by atoms with E-state index in [0.717, 1.165) is 32.5 Å². The third-order valence-corrected chi connectivity index (χ3v) is 3.60. The molecule has 2 rings (SSSR count). The third kappa shape index (κ3) is 3.54. The fraction of sp³-hybridized carbons (Fsp3) is 0.769. The first-order valence-electron chi connectivity index (χ1n) is 6.69. The predicted octanol–water partition coefficient (Wildman–Crippen LogP) is 1.54. The Bertz CT molecular complexity index is 337. The molecule has 1 fully saturated rings. The number of aliphatic hydroxyl groups excluding tert-OH is 1. The molecule has 2 atom stereocenters. The summed E-state index contributed by atoms with van der Waals surface area (Å²) >= 11 is 0. The van der Waals surface area contributed by atoms with E-state index >= 15 is 0 Å². The summed E-state index contributed by atoms with van der Waals surface area (Å²) in [5.74, 6) is 0.636. The molecule has 2 unspecified atom stereocenters. The van der Waals surface area contributed by atoms with Crippen molar-refractivity contribution in [3.05, 3.63) is 18.0 Å². The third-order valence-electron chi connectivity index (χ3n) is 3.60. The molecule has 0 bridgehead atoms. The van der Waals surface area contributed by atoms with Gasteiger partial charge in [0.25, 0.3) is 0 Å². The average molecular weight is 237 g/mol. The van der Waals surface area contributed by atoms with Gasteiger partial charge in [-0.15, -0.1) is 0 Å². The Kier molecular flexibility index (Phi) is 4.57. The molecule has 1 aliphatic carbocycles. The Balaban J connectivity index is 1.72. The van der Waals surface area contributed by atoms with Crippen LogP contribution in [0.3, 0.4) is 0 Å². The van der Waals surface area contributed by atoms with Gasteiger partial charge in [-0.05, 0) is 44.7 Å². The summed E-state index contributed by atoms with van der Waals surface area (Å²) in [5.41, 5.74) is 1.24. The maximum absolute atomic E-state index is 9.60. The molecule has 96 valence electrons. The van der Waals surface area contributed by atoms with E-state index < -0.39 is 0 Å². The quantitative estimate of drug-likeness (QED) is 0.817. The molecule has 0 amide bonds. The summed E-state index contributed by atoms with van der Waals surface area (Å²) in [4.78, 5) is 0. The zero-order valence-corrected chi connectivity index (χ0v) is 10.6. The van der Waals surface area contributed by atoms with E-state index in [2.05, 4.69) is 23.4 Å². The largest absolute Gasteiger partial charge is 0.393 e. The monoisotopic (exact) mass is 237 g/mol. The number of hydrogen-bond acceptors (Lipinski definition) is 3. The zero-order chi connectivity index (χ0) is 12.1. The SMILES string of the molecule is CCn1nccc1CNCC1CCCC(O)C1. The van der Waals surface area contributed by atoms with Gasteiger partial charge in [0.1, 0.15) is 0 Å². The Morgan fingerprint density at radius 3 is 3.18 bits per heavy atom. The molecule has 0 aliphatic heterocycles. The highest BCUT2D eigenvalue weighted by atomic mass is 16.3. The first kappa shape index (κ1) is 12.6. The number of hydrogen-bond donors (Lipinski definition) is 2. The van der Waals surface area contributed by atoms with Crippen LogP contribution in [-0.2, 0) is 13.1 Å². The van der Waals surface area contributed by atoms with Crippen molar-refractivity contribution in [2.75, 3.05) is 6.54 Å². The molecule has 1 saturated carbocycles. The van der Waals surface area contributed by atoms with Gasteiger partial charge in [0.05, 0.1) is 11.8 Å². The molecule has 0 aromatic carbocycles. The van der Waals surface area contributed by atoms with Crippen molar-refractivity contribution in [2.24, 2.45) is 5.92 Å². The predicted molar refractivity (Wildman–Crippen MR) is 67.6 cm³/mol. The molecule has 1 aromatic heterocycles. The first-order valence-corrected chi connectivity index (χ1v) is 6.69. The first-order chi connectivity index (χ1) is 8.29. The second-order valence-electron chi connectivity index (χ2n) is 4.96. The number of nitrogens with one attached hydrogen (secondary N) is 1. The van der Waals surface area contributed by atoms with Gasteiger partial charge < -0.3 is 10.4 Å². The van der Waals surface area contributed by atoms with Gasteiger partial charge in [-0.1, -0.05) is 6.42 Å². The van der Waals surface area contributed by atoms with Crippen molar-refractivity contribution in [1.29, 1.82) is 0 Å². The van der Waals surface area contributed by atoms with Gasteiger partial charge in [0.15, 0.2) is 0 Å². The maximum Gasteiger partial charge on any atom is 0.0543 e. The zero-order valence-electron chi connectivity index (χ0n) is 10.6. The molecule has 1 aromatic rings. The minimum atomic E-state index is -0.0725. The summed E-state index contributed by atoms with van der Waals surface area (Å²) in [7, 11) is 0. The van der Waals surface area contributed by atoms with Crippen molar-refractivity contribution in [1.82, 2.24) is 15.1 Å². The lowest BCUT2D eigenvalue weighted by Crippen LogP contribution is -2.29. The van der Waals surface area contributed by atoms with E-state index in [1.54, 1.807) is 0 Å². The van der Waals surface area contributed by atoms with Crippen LogP contribution >= 0.6 is 0 Å². The maximum atomic E-state index is 9.60. The van der Waals surface area contributed by atoms with Crippen molar-refractivity contribution in [2.45, 2.75) is 51.8 Å². The van der Waals surface area contributed by atoms with Crippen LogP contribution in [0.4, 0.5) is 0 Å². The number of rotatable bonds is 5. The standard InChI is InChI=1S/C13H23N3O/c1-2-16-12(6-7-15-16)10-14-9-11-4-3-5-13(17)8-11/h6-7,11,13-14,17H,2-5,8-10H2,1H3. The van der Waals surface area contributed by atoms with E-state index in [9.17, 15) is 5.11 Å². The van der Waals surface area contributed by atoms with Gasteiger partial charge in [-0.25, -0.2) is 0 Å². The van der Waals surface area contributed by atoms with E-state index in [1.165, 1.54) is 18.5 Å². The number of aryl methyl sites for hydroxylation is 1. The van der Waals surface area contributed by atoms with Gasteiger partial charge in [-0.3, -0.25) is 4.68 Å². The fourth-order valence-electron chi connectivity index (χ4n) is 2.65. The molecule has 1 aliphatic rings. The summed E-state index contributed by atoms with van der Waals surface area (Å²) in [5, 5.41) is 17.3. The average Bonchev–Trinajstić information content (AvgIpc) is 2.77. The van der Waals surface area contributed by atoms with Crippen LogP contribution < -0.4 is 5.32 Å². The van der Waals surface area contributed by atoms with Crippen molar-refractivity contribution >= 4 is 0 Å². The minimum Gasteiger partial charge on any atom is -0.393 e. The number of aliphatic hydroxyl groups is 1. The minimum absolute atomic E-state index is 0.0725. The lowest BCUT2D eigenvalue weighted by atomic mass is 9.87. The van der Waals surface area contributed by atoms with Gasteiger partial charge in [0.2, 0.25) is 0 Å². The topological polar surface area (TPSA) is 50.1 Å². The second kappa shape index (κ2) is 6.17. The van der Waals surface area contributed by atoms with Crippen LogP contribution in [0.5, 0.6) is 0 Å². The Morgan fingerprint density at radius 1 is 1.53 bits per heavy atom. The van der Waals surface area contributed by atoms with Crippen molar-refractivity contribution in [3.8, 4) is 0 Å². The molecule has 17 heavy (non-hydrogen) atoms. The molecule has 0 radical (unpaired) electrons. The second-order valence-corrected chi connectivity index (χ2v) is 4.96. The fourth-order valence-corrected chi connectivity index (χ4v) is 2.65. The Hall–Kier alpha value is -0.870. The van der Waals surface area contributed by atoms with Crippen molar-refractivity contribution in [3.63, 3.8) is 0 Å². The summed E-state index contributed by atoms with van der Waals surface area (Å²) < 4.78 is 2.02. The van der Waals surface area contributed by atoms with Crippen LogP contribution in [-0.4, -0.2) is 27.5 Å². The molecule has 2 N–H and O–H groups in total.